The van der Waals surface area contributed by atoms with Gasteiger partial charge in [-0.3, -0.25) is 9.30 Å². The molecular weight excluding hydrogens is 431 g/mol. The van der Waals surface area contributed by atoms with Crippen LogP contribution in [0.15, 0.2) is 54.7 Å². The number of aromatic nitrogens is 3. The first kappa shape index (κ1) is 21.9. The van der Waals surface area contributed by atoms with Gasteiger partial charge < -0.3 is 9.30 Å². The standard InChI is InChI=1S/C21H21ClN4O.2ClH/c22-17-7-5-16(6-8-17)18-15-26-20-4-2-1-3-19(20)25(21(26)23-18)10-9-24-11-13-27-14-12-24;;/h1-8,15H,9-14H2;2*1H. The molecule has 2 aromatic heterocycles. The summed E-state index contributed by atoms with van der Waals surface area (Å²) in [5.41, 5.74) is 4.44. The molecule has 1 fully saturated rings. The highest BCUT2D eigenvalue weighted by Crippen LogP contribution is 2.26. The summed E-state index contributed by atoms with van der Waals surface area (Å²) in [5.74, 6) is 0.981. The number of para-hydroxylation sites is 2. The largest absolute Gasteiger partial charge is 0.379 e. The Morgan fingerprint density at radius 1 is 0.897 bits per heavy atom. The van der Waals surface area contributed by atoms with Crippen molar-refractivity contribution in [2.45, 2.75) is 6.54 Å². The van der Waals surface area contributed by atoms with E-state index in [0.717, 1.165) is 61.5 Å². The third kappa shape index (κ3) is 4.25. The first-order valence-electron chi connectivity index (χ1n) is 9.32. The molecule has 3 heterocycles. The van der Waals surface area contributed by atoms with Gasteiger partial charge in [-0.15, -0.1) is 24.8 Å². The summed E-state index contributed by atoms with van der Waals surface area (Å²) in [7, 11) is 0. The zero-order valence-corrected chi connectivity index (χ0v) is 18.2. The number of hydrogen-bond donors (Lipinski definition) is 0. The van der Waals surface area contributed by atoms with Crippen LogP contribution >= 0.6 is 36.4 Å². The van der Waals surface area contributed by atoms with Gasteiger partial charge in [-0.2, -0.15) is 0 Å². The second-order valence-corrected chi connectivity index (χ2v) is 7.33. The molecule has 1 saturated heterocycles. The lowest BCUT2D eigenvalue weighted by Gasteiger charge is -2.26. The monoisotopic (exact) mass is 452 g/mol. The Kier molecular flexibility index (Phi) is 7.09. The molecule has 2 aromatic carbocycles. The number of imidazole rings is 2. The number of hydrogen-bond acceptors (Lipinski definition) is 3. The minimum Gasteiger partial charge on any atom is -0.379 e. The van der Waals surface area contributed by atoms with Crippen molar-refractivity contribution < 1.29 is 4.74 Å². The maximum atomic E-state index is 6.03. The van der Waals surface area contributed by atoms with Crippen LogP contribution in [-0.2, 0) is 11.3 Å². The number of ether oxygens (including phenoxy) is 1. The van der Waals surface area contributed by atoms with Gasteiger partial charge in [-0.1, -0.05) is 35.9 Å². The molecule has 0 radical (unpaired) electrons. The van der Waals surface area contributed by atoms with E-state index in [1.54, 1.807) is 0 Å². The van der Waals surface area contributed by atoms with E-state index >= 15 is 0 Å². The van der Waals surface area contributed by atoms with Gasteiger partial charge in [-0.25, -0.2) is 4.98 Å². The Balaban J connectivity index is 0.00000120. The van der Waals surface area contributed by atoms with E-state index in [9.17, 15) is 0 Å². The van der Waals surface area contributed by atoms with E-state index in [1.807, 2.05) is 24.3 Å². The molecule has 0 spiro atoms. The Hall–Kier alpha value is -1.76. The predicted octanol–water partition coefficient (Wildman–Crippen LogP) is 4.79. The number of morpholine rings is 1. The summed E-state index contributed by atoms with van der Waals surface area (Å²) >= 11 is 6.03. The van der Waals surface area contributed by atoms with Crippen LogP contribution in [0.2, 0.25) is 5.02 Å². The Bertz CT molecular complexity index is 1080. The van der Waals surface area contributed by atoms with E-state index in [0.29, 0.717) is 0 Å². The number of benzene rings is 2. The quantitative estimate of drug-likeness (QED) is 0.446. The molecule has 4 aromatic rings. The first-order chi connectivity index (χ1) is 13.3. The molecule has 0 N–H and O–H groups in total. The molecule has 29 heavy (non-hydrogen) atoms. The van der Waals surface area contributed by atoms with Crippen molar-refractivity contribution in [2.75, 3.05) is 32.8 Å². The van der Waals surface area contributed by atoms with Crippen LogP contribution in [0.4, 0.5) is 0 Å². The van der Waals surface area contributed by atoms with Gasteiger partial charge in [0.1, 0.15) is 0 Å². The van der Waals surface area contributed by atoms with Gasteiger partial charge in [0.25, 0.3) is 0 Å². The minimum atomic E-state index is 0. The third-order valence-electron chi connectivity index (χ3n) is 5.24. The van der Waals surface area contributed by atoms with Crippen LogP contribution in [0.25, 0.3) is 28.1 Å². The van der Waals surface area contributed by atoms with E-state index in [4.69, 9.17) is 21.3 Å². The number of nitrogens with zero attached hydrogens (tertiary/aromatic N) is 4. The van der Waals surface area contributed by atoms with Gasteiger partial charge in [0, 0.05) is 43.0 Å². The fraction of sp³-hybridized carbons (Fsp3) is 0.286. The molecule has 0 bridgehead atoms. The average Bonchev–Trinajstić information content (AvgIpc) is 3.26. The summed E-state index contributed by atoms with van der Waals surface area (Å²) in [6, 6.07) is 16.3. The second-order valence-electron chi connectivity index (χ2n) is 6.90. The number of fused-ring (bicyclic) bond motifs is 3. The molecule has 154 valence electrons. The van der Waals surface area contributed by atoms with Crippen LogP contribution < -0.4 is 0 Å². The topological polar surface area (TPSA) is 34.7 Å². The fourth-order valence-electron chi connectivity index (χ4n) is 3.79. The summed E-state index contributed by atoms with van der Waals surface area (Å²) < 4.78 is 9.98. The van der Waals surface area contributed by atoms with Crippen molar-refractivity contribution in [1.82, 2.24) is 18.9 Å². The molecule has 0 saturated carbocycles. The Labute approximate surface area is 187 Å². The van der Waals surface area contributed by atoms with Gasteiger partial charge in [-0.05, 0) is 24.3 Å². The smallest absolute Gasteiger partial charge is 0.215 e. The maximum Gasteiger partial charge on any atom is 0.215 e. The number of rotatable bonds is 4. The van der Waals surface area contributed by atoms with E-state index < -0.39 is 0 Å². The molecule has 0 amide bonds. The molecule has 0 atom stereocenters. The summed E-state index contributed by atoms with van der Waals surface area (Å²) in [6.45, 7) is 5.56. The molecule has 8 heteroatoms. The fourth-order valence-corrected chi connectivity index (χ4v) is 3.91. The molecule has 5 nitrogen and oxygen atoms in total. The first-order valence-corrected chi connectivity index (χ1v) is 9.70. The van der Waals surface area contributed by atoms with Crippen LogP contribution in [0.3, 0.4) is 0 Å². The summed E-state index contributed by atoms with van der Waals surface area (Å²) in [6.07, 6.45) is 2.12. The Morgan fingerprint density at radius 2 is 1.59 bits per heavy atom. The van der Waals surface area contributed by atoms with Crippen molar-refractivity contribution in [3.63, 3.8) is 0 Å². The zero-order chi connectivity index (χ0) is 18.2. The molecule has 5 rings (SSSR count). The highest BCUT2D eigenvalue weighted by atomic mass is 35.5. The van der Waals surface area contributed by atoms with Crippen molar-refractivity contribution in [3.8, 4) is 11.3 Å². The average molecular weight is 454 g/mol. The lowest BCUT2D eigenvalue weighted by atomic mass is 10.2. The van der Waals surface area contributed by atoms with E-state index in [1.165, 1.54) is 11.0 Å². The van der Waals surface area contributed by atoms with E-state index in [2.05, 4.69) is 44.3 Å². The van der Waals surface area contributed by atoms with Gasteiger partial charge in [0.2, 0.25) is 5.78 Å². The highest BCUT2D eigenvalue weighted by Gasteiger charge is 2.16. The van der Waals surface area contributed by atoms with Crippen molar-refractivity contribution >= 4 is 53.2 Å². The molecule has 1 aliphatic rings. The van der Waals surface area contributed by atoms with E-state index in [-0.39, 0.29) is 24.8 Å². The van der Waals surface area contributed by atoms with Crippen molar-refractivity contribution in [2.24, 2.45) is 0 Å². The second kappa shape index (κ2) is 9.37. The van der Waals surface area contributed by atoms with Crippen LogP contribution in [0, 0.1) is 0 Å². The predicted molar refractivity (Wildman–Crippen MR) is 123 cm³/mol. The van der Waals surface area contributed by atoms with Crippen molar-refractivity contribution in [1.29, 1.82) is 0 Å². The SMILES string of the molecule is Cl.Cl.Clc1ccc(-c2cn3c4ccccc4n(CCN4CCOCC4)c3n2)cc1. The molecule has 0 unspecified atom stereocenters. The molecular formula is C21H23Cl3N4O. The highest BCUT2D eigenvalue weighted by molar-refractivity contribution is 6.30. The summed E-state index contributed by atoms with van der Waals surface area (Å²) in [4.78, 5) is 7.41. The molecule has 1 aliphatic heterocycles. The van der Waals surface area contributed by atoms with Crippen LogP contribution in [0.1, 0.15) is 0 Å². The Morgan fingerprint density at radius 3 is 2.31 bits per heavy atom. The normalized spacial score (nSPS) is 14.7. The molecule has 0 aliphatic carbocycles. The maximum absolute atomic E-state index is 6.03. The van der Waals surface area contributed by atoms with Gasteiger partial charge in [0.05, 0.1) is 29.9 Å². The lowest BCUT2D eigenvalue weighted by molar-refractivity contribution is 0.0366. The third-order valence-corrected chi connectivity index (χ3v) is 5.50. The van der Waals surface area contributed by atoms with Gasteiger partial charge >= 0.3 is 0 Å². The van der Waals surface area contributed by atoms with Crippen LogP contribution in [0.5, 0.6) is 0 Å². The van der Waals surface area contributed by atoms with Gasteiger partial charge in [0.15, 0.2) is 0 Å². The lowest BCUT2D eigenvalue weighted by Crippen LogP contribution is -2.38. The summed E-state index contributed by atoms with van der Waals surface area (Å²) in [5, 5.41) is 0.739. The zero-order valence-electron chi connectivity index (χ0n) is 15.8. The number of halogens is 3. The minimum absolute atomic E-state index is 0. The van der Waals surface area contributed by atoms with Crippen LogP contribution in [-0.4, -0.2) is 51.7 Å². The van der Waals surface area contributed by atoms with Crippen molar-refractivity contribution in [3.05, 3.63) is 59.8 Å².